The Bertz CT molecular complexity index is 943. The molecule has 160 valence electrons. The summed E-state index contributed by atoms with van der Waals surface area (Å²) in [6, 6.07) is 11.5. The molecule has 0 heterocycles. The van der Waals surface area contributed by atoms with Gasteiger partial charge >= 0.3 is 6.18 Å². The van der Waals surface area contributed by atoms with Gasteiger partial charge in [0.1, 0.15) is 0 Å². The van der Waals surface area contributed by atoms with Crippen molar-refractivity contribution in [2.24, 2.45) is 5.10 Å². The van der Waals surface area contributed by atoms with E-state index in [1.807, 2.05) is 12.1 Å². The fourth-order valence-corrected chi connectivity index (χ4v) is 2.58. The lowest BCUT2D eigenvalue weighted by Gasteiger charge is -2.18. The molecule has 2 aromatic rings. The fourth-order valence-electron chi connectivity index (χ4n) is 2.58. The van der Waals surface area contributed by atoms with Gasteiger partial charge in [-0.2, -0.15) is 18.3 Å². The van der Waals surface area contributed by atoms with Gasteiger partial charge < -0.3 is 5.32 Å². The maximum absolute atomic E-state index is 12.7. The molecule has 0 spiro atoms. The summed E-state index contributed by atoms with van der Waals surface area (Å²) in [4.78, 5) is 24.2. The molecule has 0 aliphatic carbocycles. The van der Waals surface area contributed by atoms with E-state index in [1.54, 1.807) is 12.1 Å². The Morgan fingerprint density at radius 1 is 0.967 bits per heavy atom. The molecule has 0 atom stereocenters. The minimum atomic E-state index is -4.49. The molecule has 0 radical (unpaired) electrons. The van der Waals surface area contributed by atoms with Crippen LogP contribution in [0.1, 0.15) is 55.6 Å². The van der Waals surface area contributed by atoms with Gasteiger partial charge in [0.15, 0.2) is 0 Å². The predicted molar refractivity (Wildman–Crippen MR) is 110 cm³/mol. The Hall–Kier alpha value is -3.16. The van der Waals surface area contributed by atoms with Crippen LogP contribution in [0.5, 0.6) is 0 Å². The molecular formula is C22H24F3N3O2. The van der Waals surface area contributed by atoms with Crippen molar-refractivity contribution in [1.82, 2.24) is 5.43 Å². The standard InChI is InChI=1S/C22H24F3N3O2/c1-14(12-19(29)26-18-7-5-6-17(13-18)22(23,24)25)27-28-20(30)15-8-10-16(11-9-15)21(2,3)4/h5-11,13H,12H2,1-4H3,(H,26,29)(H,28,30). The fraction of sp³-hybridized carbons (Fsp3) is 0.318. The Kier molecular flexibility index (Phi) is 7.02. The molecule has 0 aliphatic heterocycles. The number of carbonyl (C=O) groups excluding carboxylic acids is 2. The summed E-state index contributed by atoms with van der Waals surface area (Å²) in [7, 11) is 0. The third-order valence-electron chi connectivity index (χ3n) is 4.25. The molecule has 0 fully saturated rings. The van der Waals surface area contributed by atoms with E-state index in [0.29, 0.717) is 11.3 Å². The largest absolute Gasteiger partial charge is 0.416 e. The summed E-state index contributed by atoms with van der Waals surface area (Å²) in [5.41, 5.74) is 3.34. The van der Waals surface area contributed by atoms with Gasteiger partial charge in [0.2, 0.25) is 5.91 Å². The van der Waals surface area contributed by atoms with Crippen molar-refractivity contribution in [3.8, 4) is 0 Å². The summed E-state index contributed by atoms with van der Waals surface area (Å²) < 4.78 is 38.2. The van der Waals surface area contributed by atoms with Crippen molar-refractivity contribution in [3.05, 3.63) is 65.2 Å². The highest BCUT2D eigenvalue weighted by atomic mass is 19.4. The molecule has 8 heteroatoms. The van der Waals surface area contributed by atoms with Crippen molar-refractivity contribution in [3.63, 3.8) is 0 Å². The summed E-state index contributed by atoms with van der Waals surface area (Å²) in [5, 5.41) is 6.28. The summed E-state index contributed by atoms with van der Waals surface area (Å²) in [5.74, 6) is -0.965. The van der Waals surface area contributed by atoms with Crippen molar-refractivity contribution < 1.29 is 22.8 Å². The Morgan fingerprint density at radius 2 is 1.60 bits per heavy atom. The first kappa shape index (κ1) is 23.1. The minimum absolute atomic E-state index is 0.0310. The Balaban J connectivity index is 1.93. The van der Waals surface area contributed by atoms with Crippen LogP contribution in [-0.2, 0) is 16.4 Å². The van der Waals surface area contributed by atoms with Gasteiger partial charge in [0.05, 0.1) is 12.0 Å². The van der Waals surface area contributed by atoms with E-state index in [2.05, 4.69) is 36.6 Å². The number of anilines is 1. The van der Waals surface area contributed by atoms with Crippen LogP contribution in [-0.4, -0.2) is 17.5 Å². The molecule has 5 nitrogen and oxygen atoms in total. The van der Waals surface area contributed by atoms with Gasteiger partial charge in [-0.3, -0.25) is 9.59 Å². The highest BCUT2D eigenvalue weighted by molar-refractivity contribution is 6.06. The van der Waals surface area contributed by atoms with Gasteiger partial charge in [0, 0.05) is 17.0 Å². The average Bonchev–Trinajstić information content (AvgIpc) is 2.65. The van der Waals surface area contributed by atoms with Crippen LogP contribution in [0.2, 0.25) is 0 Å². The molecule has 0 saturated heterocycles. The zero-order valence-electron chi connectivity index (χ0n) is 17.2. The van der Waals surface area contributed by atoms with E-state index in [9.17, 15) is 22.8 Å². The number of halogens is 3. The van der Waals surface area contributed by atoms with E-state index in [1.165, 1.54) is 19.1 Å². The summed E-state index contributed by atoms with van der Waals surface area (Å²) >= 11 is 0. The van der Waals surface area contributed by atoms with E-state index >= 15 is 0 Å². The quantitative estimate of drug-likeness (QED) is 0.521. The molecule has 2 amide bonds. The van der Waals surface area contributed by atoms with Gasteiger partial charge in [-0.15, -0.1) is 0 Å². The first-order valence-electron chi connectivity index (χ1n) is 9.27. The zero-order chi connectivity index (χ0) is 22.5. The average molecular weight is 419 g/mol. The minimum Gasteiger partial charge on any atom is -0.326 e. The van der Waals surface area contributed by atoms with Crippen LogP contribution in [0.4, 0.5) is 18.9 Å². The smallest absolute Gasteiger partial charge is 0.326 e. The first-order valence-corrected chi connectivity index (χ1v) is 9.27. The van der Waals surface area contributed by atoms with E-state index < -0.39 is 23.6 Å². The summed E-state index contributed by atoms with van der Waals surface area (Å²) in [6.45, 7) is 7.75. The Labute approximate surface area is 173 Å². The molecule has 0 unspecified atom stereocenters. The predicted octanol–water partition coefficient (Wildman–Crippen LogP) is 5.14. The monoisotopic (exact) mass is 419 g/mol. The van der Waals surface area contributed by atoms with Crippen molar-refractivity contribution >= 4 is 23.2 Å². The molecule has 2 rings (SSSR count). The van der Waals surface area contributed by atoms with E-state index in [0.717, 1.165) is 17.7 Å². The lowest BCUT2D eigenvalue weighted by Crippen LogP contribution is -2.22. The lowest BCUT2D eigenvalue weighted by atomic mass is 9.87. The molecule has 30 heavy (non-hydrogen) atoms. The molecule has 2 aromatic carbocycles. The highest BCUT2D eigenvalue weighted by Crippen LogP contribution is 2.30. The van der Waals surface area contributed by atoms with Crippen LogP contribution in [0.3, 0.4) is 0 Å². The number of carbonyl (C=O) groups is 2. The summed E-state index contributed by atoms with van der Waals surface area (Å²) in [6.07, 6.45) is -4.67. The SMILES string of the molecule is CC(CC(=O)Nc1cccc(C(F)(F)F)c1)=NNC(=O)c1ccc(C(C)(C)C)cc1. The van der Waals surface area contributed by atoms with Crippen LogP contribution in [0.15, 0.2) is 53.6 Å². The van der Waals surface area contributed by atoms with Crippen LogP contribution >= 0.6 is 0 Å². The number of hydrogen-bond acceptors (Lipinski definition) is 3. The normalized spacial score (nSPS) is 12.4. The third-order valence-corrected chi connectivity index (χ3v) is 4.25. The number of nitrogens with one attached hydrogen (secondary N) is 2. The number of amides is 2. The van der Waals surface area contributed by atoms with Gasteiger partial charge in [-0.05, 0) is 48.2 Å². The molecule has 0 aromatic heterocycles. The van der Waals surface area contributed by atoms with Gasteiger partial charge in [-0.1, -0.05) is 39.0 Å². The zero-order valence-corrected chi connectivity index (χ0v) is 17.2. The van der Waals surface area contributed by atoms with Gasteiger partial charge in [-0.25, -0.2) is 5.43 Å². The second-order valence-electron chi connectivity index (χ2n) is 7.92. The topological polar surface area (TPSA) is 70.6 Å². The molecular weight excluding hydrogens is 395 g/mol. The molecule has 0 bridgehead atoms. The molecule has 2 N–H and O–H groups in total. The van der Waals surface area contributed by atoms with Gasteiger partial charge in [0.25, 0.3) is 5.91 Å². The maximum atomic E-state index is 12.7. The second-order valence-corrected chi connectivity index (χ2v) is 7.92. The van der Waals surface area contributed by atoms with Crippen molar-refractivity contribution in [1.29, 1.82) is 0 Å². The third kappa shape index (κ3) is 6.72. The van der Waals surface area contributed by atoms with Crippen LogP contribution in [0, 0.1) is 0 Å². The van der Waals surface area contributed by atoms with E-state index in [4.69, 9.17) is 0 Å². The lowest BCUT2D eigenvalue weighted by molar-refractivity contribution is -0.137. The number of hydrogen-bond donors (Lipinski definition) is 2. The highest BCUT2D eigenvalue weighted by Gasteiger charge is 2.30. The maximum Gasteiger partial charge on any atom is 0.416 e. The number of nitrogens with zero attached hydrogens (tertiary/aromatic N) is 1. The molecule has 0 saturated carbocycles. The van der Waals surface area contributed by atoms with Crippen molar-refractivity contribution in [2.75, 3.05) is 5.32 Å². The van der Waals surface area contributed by atoms with Crippen LogP contribution in [0.25, 0.3) is 0 Å². The second kappa shape index (κ2) is 9.11. The number of rotatable bonds is 5. The molecule has 0 aliphatic rings. The number of alkyl halides is 3. The first-order chi connectivity index (χ1) is 13.9. The van der Waals surface area contributed by atoms with Crippen molar-refractivity contribution in [2.45, 2.75) is 45.7 Å². The number of benzene rings is 2. The van der Waals surface area contributed by atoms with E-state index in [-0.39, 0.29) is 17.5 Å². The number of hydrazone groups is 1. The Morgan fingerprint density at radius 3 is 2.17 bits per heavy atom. The van der Waals surface area contributed by atoms with Crippen LogP contribution < -0.4 is 10.7 Å².